The Morgan fingerprint density at radius 2 is 2.00 bits per heavy atom. The number of anilines is 1. The average Bonchev–Trinajstić information content (AvgIpc) is 3.30. The van der Waals surface area contributed by atoms with E-state index < -0.39 is 0 Å². The van der Waals surface area contributed by atoms with Gasteiger partial charge >= 0.3 is 0 Å². The van der Waals surface area contributed by atoms with Crippen LogP contribution in [0.1, 0.15) is 50.3 Å². The van der Waals surface area contributed by atoms with Gasteiger partial charge in [0.1, 0.15) is 16.2 Å². The van der Waals surface area contributed by atoms with Crippen LogP contribution in [0.3, 0.4) is 0 Å². The van der Waals surface area contributed by atoms with E-state index in [1.165, 1.54) is 38.5 Å². The number of morpholine rings is 1. The molecule has 2 aliphatic carbocycles. The van der Waals surface area contributed by atoms with Gasteiger partial charge in [0.15, 0.2) is 0 Å². The van der Waals surface area contributed by atoms with Crippen LogP contribution < -0.4 is 4.90 Å². The fourth-order valence-electron chi connectivity index (χ4n) is 3.48. The Morgan fingerprint density at radius 1 is 1.15 bits per heavy atom. The second-order valence-electron chi connectivity index (χ2n) is 6.14. The summed E-state index contributed by atoms with van der Waals surface area (Å²) < 4.78 is 6.88. The molecule has 0 spiro atoms. The van der Waals surface area contributed by atoms with E-state index in [2.05, 4.69) is 31.9 Å². The zero-order chi connectivity index (χ0) is 13.5. The van der Waals surface area contributed by atoms with Crippen molar-refractivity contribution in [3.8, 4) is 0 Å². The van der Waals surface area contributed by atoms with Crippen LogP contribution in [0.15, 0.2) is 10.7 Å². The van der Waals surface area contributed by atoms with Crippen molar-refractivity contribution in [3.63, 3.8) is 0 Å². The molecule has 1 aromatic heterocycles. The third-order valence-corrected chi connectivity index (χ3v) is 5.07. The van der Waals surface area contributed by atoms with E-state index >= 15 is 0 Å². The molecule has 0 amide bonds. The predicted octanol–water partition coefficient (Wildman–Crippen LogP) is 3.26. The van der Waals surface area contributed by atoms with Crippen LogP contribution >= 0.6 is 15.9 Å². The van der Waals surface area contributed by atoms with Crippen molar-refractivity contribution in [2.45, 2.75) is 56.6 Å². The third kappa shape index (κ3) is 2.46. The summed E-state index contributed by atoms with van der Waals surface area (Å²) in [4.78, 5) is 11.8. The van der Waals surface area contributed by atoms with Gasteiger partial charge in [-0.05, 0) is 41.6 Å². The van der Waals surface area contributed by atoms with Gasteiger partial charge in [0, 0.05) is 18.5 Å². The second-order valence-corrected chi connectivity index (χ2v) is 6.95. The summed E-state index contributed by atoms with van der Waals surface area (Å²) in [6.07, 6.45) is 7.92. The Balaban J connectivity index is 1.64. The van der Waals surface area contributed by atoms with Crippen molar-refractivity contribution in [3.05, 3.63) is 16.5 Å². The summed E-state index contributed by atoms with van der Waals surface area (Å²) in [6, 6.07) is 2.58. The smallest absolute Gasteiger partial charge is 0.135 e. The van der Waals surface area contributed by atoms with Gasteiger partial charge in [-0.3, -0.25) is 0 Å². The van der Waals surface area contributed by atoms with E-state index in [0.717, 1.165) is 29.4 Å². The van der Waals surface area contributed by atoms with Crippen LogP contribution in [0, 0.1) is 0 Å². The summed E-state index contributed by atoms with van der Waals surface area (Å²) in [6.45, 7) is 1.77. The van der Waals surface area contributed by atoms with Gasteiger partial charge in [-0.2, -0.15) is 0 Å². The number of nitrogens with zero attached hydrogens (tertiary/aromatic N) is 3. The monoisotopic (exact) mass is 337 g/mol. The first-order chi connectivity index (χ1) is 9.81. The SMILES string of the molecule is Brc1cc(N2CCOC3CCCCC32)nc(C2CC2)n1. The first kappa shape index (κ1) is 13.0. The van der Waals surface area contributed by atoms with Gasteiger partial charge in [0.05, 0.1) is 18.8 Å². The van der Waals surface area contributed by atoms with E-state index in [1.807, 2.05) is 0 Å². The molecule has 20 heavy (non-hydrogen) atoms. The lowest BCUT2D eigenvalue weighted by Crippen LogP contribution is -2.53. The summed E-state index contributed by atoms with van der Waals surface area (Å²) >= 11 is 3.55. The largest absolute Gasteiger partial charge is 0.374 e. The molecular formula is C15H20BrN3O. The van der Waals surface area contributed by atoms with Crippen molar-refractivity contribution in [1.29, 1.82) is 0 Å². The molecule has 108 valence electrons. The molecule has 2 saturated carbocycles. The van der Waals surface area contributed by atoms with E-state index in [4.69, 9.17) is 9.72 Å². The topological polar surface area (TPSA) is 38.2 Å². The fraction of sp³-hybridized carbons (Fsp3) is 0.733. The molecule has 0 bridgehead atoms. The highest BCUT2D eigenvalue weighted by molar-refractivity contribution is 9.10. The molecule has 2 unspecified atom stereocenters. The molecule has 4 rings (SSSR count). The Morgan fingerprint density at radius 3 is 2.85 bits per heavy atom. The number of ether oxygens (including phenoxy) is 1. The Hall–Kier alpha value is -0.680. The van der Waals surface area contributed by atoms with Crippen LogP contribution in [-0.2, 0) is 4.74 Å². The van der Waals surface area contributed by atoms with Gasteiger partial charge in [0.25, 0.3) is 0 Å². The Labute approximate surface area is 128 Å². The van der Waals surface area contributed by atoms with Gasteiger partial charge in [0.2, 0.25) is 0 Å². The first-order valence-corrected chi connectivity index (χ1v) is 8.53. The highest BCUT2D eigenvalue weighted by atomic mass is 79.9. The summed E-state index contributed by atoms with van der Waals surface area (Å²) in [7, 11) is 0. The number of halogens is 1. The maximum Gasteiger partial charge on any atom is 0.135 e. The number of hydrogen-bond donors (Lipinski definition) is 0. The summed E-state index contributed by atoms with van der Waals surface area (Å²) in [5, 5.41) is 0. The molecule has 1 aromatic rings. The zero-order valence-corrected chi connectivity index (χ0v) is 13.2. The molecular weight excluding hydrogens is 318 g/mol. The van der Waals surface area contributed by atoms with Crippen molar-refractivity contribution >= 4 is 21.7 Å². The van der Waals surface area contributed by atoms with E-state index in [-0.39, 0.29) is 0 Å². The molecule has 4 nitrogen and oxygen atoms in total. The maximum atomic E-state index is 5.96. The minimum Gasteiger partial charge on any atom is -0.374 e. The fourth-order valence-corrected chi connectivity index (χ4v) is 3.86. The Kier molecular flexibility index (Phi) is 3.42. The van der Waals surface area contributed by atoms with Crippen molar-refractivity contribution < 1.29 is 4.74 Å². The van der Waals surface area contributed by atoms with Crippen LogP contribution in [0.4, 0.5) is 5.82 Å². The lowest BCUT2D eigenvalue weighted by atomic mass is 9.90. The molecule has 2 heterocycles. The molecule has 5 heteroatoms. The van der Waals surface area contributed by atoms with Gasteiger partial charge in [-0.15, -0.1) is 0 Å². The van der Waals surface area contributed by atoms with Crippen LogP contribution in [0.2, 0.25) is 0 Å². The minimum atomic E-state index is 0.399. The highest BCUT2D eigenvalue weighted by Crippen LogP contribution is 2.40. The Bertz CT molecular complexity index is 504. The minimum absolute atomic E-state index is 0.399. The molecule has 1 aliphatic heterocycles. The quantitative estimate of drug-likeness (QED) is 0.776. The van der Waals surface area contributed by atoms with Crippen LogP contribution in [0.25, 0.3) is 0 Å². The highest BCUT2D eigenvalue weighted by Gasteiger charge is 2.36. The second kappa shape index (κ2) is 5.26. The summed E-state index contributed by atoms with van der Waals surface area (Å²) in [5.41, 5.74) is 0. The van der Waals surface area contributed by atoms with Crippen LogP contribution in [0.5, 0.6) is 0 Å². The number of fused-ring (bicyclic) bond motifs is 1. The van der Waals surface area contributed by atoms with Gasteiger partial charge < -0.3 is 9.64 Å². The molecule has 3 aliphatic rings. The van der Waals surface area contributed by atoms with Crippen molar-refractivity contribution in [2.75, 3.05) is 18.1 Å². The van der Waals surface area contributed by atoms with E-state index in [0.29, 0.717) is 18.1 Å². The van der Waals surface area contributed by atoms with Gasteiger partial charge in [-0.25, -0.2) is 9.97 Å². The molecule has 0 aromatic carbocycles. The molecule has 1 saturated heterocycles. The molecule has 2 atom stereocenters. The maximum absolute atomic E-state index is 5.96. The van der Waals surface area contributed by atoms with E-state index in [9.17, 15) is 0 Å². The third-order valence-electron chi connectivity index (χ3n) is 4.67. The molecule has 0 radical (unpaired) electrons. The molecule has 0 N–H and O–H groups in total. The average molecular weight is 338 g/mol. The number of rotatable bonds is 2. The van der Waals surface area contributed by atoms with Crippen molar-refractivity contribution in [1.82, 2.24) is 9.97 Å². The standard InChI is InChI=1S/C15H20BrN3O/c16-13-9-14(18-15(17-13)10-5-6-10)19-7-8-20-12-4-2-1-3-11(12)19/h9-12H,1-8H2. The van der Waals surface area contributed by atoms with Gasteiger partial charge in [-0.1, -0.05) is 12.8 Å². The van der Waals surface area contributed by atoms with E-state index in [1.54, 1.807) is 0 Å². The van der Waals surface area contributed by atoms with Crippen LogP contribution in [-0.4, -0.2) is 35.3 Å². The lowest BCUT2D eigenvalue weighted by Gasteiger charge is -2.44. The normalized spacial score (nSPS) is 30.1. The zero-order valence-electron chi connectivity index (χ0n) is 11.6. The number of aromatic nitrogens is 2. The first-order valence-electron chi connectivity index (χ1n) is 7.74. The molecule has 3 fully saturated rings. The predicted molar refractivity (Wildman–Crippen MR) is 81.0 cm³/mol. The summed E-state index contributed by atoms with van der Waals surface area (Å²) in [5.74, 6) is 2.71. The lowest BCUT2D eigenvalue weighted by molar-refractivity contribution is -0.00901. The van der Waals surface area contributed by atoms with Crippen molar-refractivity contribution in [2.24, 2.45) is 0 Å². The number of hydrogen-bond acceptors (Lipinski definition) is 4.